The summed E-state index contributed by atoms with van der Waals surface area (Å²) in [6.07, 6.45) is 57.7. The number of carbonyl (C=O) groups is 3. The highest BCUT2D eigenvalue weighted by atomic mass is 16.6. The average Bonchev–Trinajstić information content (AvgIpc) is 3.22. The van der Waals surface area contributed by atoms with Gasteiger partial charge in [-0.1, -0.05) is 203 Å². The monoisotopic (exact) mass is 809 g/mol. The van der Waals surface area contributed by atoms with Gasteiger partial charge in [0, 0.05) is 19.3 Å². The highest BCUT2D eigenvalue weighted by Crippen LogP contribution is 2.15. The Morgan fingerprint density at radius 2 is 0.672 bits per heavy atom. The Kier molecular flexibility index (Phi) is 44.0. The molecule has 6 nitrogen and oxygen atoms in total. The largest absolute Gasteiger partial charge is 0.462 e. The third-order valence-electron chi connectivity index (χ3n) is 9.96. The topological polar surface area (TPSA) is 78.9 Å². The molecule has 0 amide bonds. The van der Waals surface area contributed by atoms with Crippen molar-refractivity contribution in [2.45, 2.75) is 226 Å². The third-order valence-corrected chi connectivity index (χ3v) is 9.96. The van der Waals surface area contributed by atoms with E-state index in [1.165, 1.54) is 96.3 Å². The minimum Gasteiger partial charge on any atom is -0.462 e. The second-order valence-electron chi connectivity index (χ2n) is 15.6. The van der Waals surface area contributed by atoms with Crippen molar-refractivity contribution in [2.75, 3.05) is 13.2 Å². The fourth-order valence-electron chi connectivity index (χ4n) is 6.43. The SMILES string of the molecule is CC/C=C\C/C=C\C/C=C\CCCC(=O)OCC(COC(=O)CCCCCCCCCCCCCCCCCCCC)OC(=O)CCC/C=C\C/C=C\C/C=C\CC. The first-order chi connectivity index (χ1) is 28.5. The van der Waals surface area contributed by atoms with Gasteiger partial charge in [-0.15, -0.1) is 0 Å². The summed E-state index contributed by atoms with van der Waals surface area (Å²) in [7, 11) is 0. The highest BCUT2D eigenvalue weighted by Gasteiger charge is 2.19. The summed E-state index contributed by atoms with van der Waals surface area (Å²) in [5.41, 5.74) is 0. The fraction of sp³-hybridized carbons (Fsp3) is 0.712. The second-order valence-corrected chi connectivity index (χ2v) is 15.6. The molecule has 0 fully saturated rings. The lowest BCUT2D eigenvalue weighted by molar-refractivity contribution is -0.167. The Morgan fingerprint density at radius 1 is 0.362 bits per heavy atom. The van der Waals surface area contributed by atoms with E-state index in [1.807, 2.05) is 0 Å². The molecule has 6 heteroatoms. The molecular weight excluding hydrogens is 721 g/mol. The van der Waals surface area contributed by atoms with Crippen LogP contribution in [0.2, 0.25) is 0 Å². The number of hydrogen-bond acceptors (Lipinski definition) is 6. The molecule has 58 heavy (non-hydrogen) atoms. The molecule has 0 saturated heterocycles. The van der Waals surface area contributed by atoms with Gasteiger partial charge in [0.1, 0.15) is 13.2 Å². The van der Waals surface area contributed by atoms with Gasteiger partial charge in [0.15, 0.2) is 6.10 Å². The number of esters is 3. The van der Waals surface area contributed by atoms with E-state index in [0.29, 0.717) is 19.3 Å². The number of carbonyl (C=O) groups excluding carboxylic acids is 3. The van der Waals surface area contributed by atoms with Crippen LogP contribution in [0.25, 0.3) is 0 Å². The molecule has 0 radical (unpaired) electrons. The summed E-state index contributed by atoms with van der Waals surface area (Å²) < 4.78 is 16.6. The number of allylic oxidation sites excluding steroid dienone is 12. The predicted octanol–water partition coefficient (Wildman–Crippen LogP) is 15.5. The standard InChI is InChI=1S/C52H88O6/c1-4-7-10-13-16-19-22-23-24-25-26-27-28-31-33-36-39-42-45-51(54)57-48-49(58-52(55)46-43-40-37-34-30-21-18-15-12-9-6-3)47-56-50(53)44-41-38-35-32-29-20-17-14-11-8-5-2/h8-9,11-12,17-18,20-21,32,34-35,37,49H,4-7,10,13-16,19,22-31,33,36,38-48H2,1-3H3/b11-8-,12-9-,20-17-,21-18-,35-32-,37-34-. The Labute approximate surface area is 357 Å². The molecule has 0 aromatic rings. The van der Waals surface area contributed by atoms with Crippen LogP contribution in [-0.2, 0) is 28.6 Å². The molecule has 0 aliphatic rings. The Bertz CT molecular complexity index is 1110. The molecule has 0 saturated carbocycles. The fourth-order valence-corrected chi connectivity index (χ4v) is 6.43. The van der Waals surface area contributed by atoms with E-state index < -0.39 is 6.10 Å². The summed E-state index contributed by atoms with van der Waals surface area (Å²) in [5, 5.41) is 0. The van der Waals surface area contributed by atoms with E-state index in [4.69, 9.17) is 14.2 Å². The maximum atomic E-state index is 12.7. The minimum atomic E-state index is -0.818. The molecule has 0 heterocycles. The van der Waals surface area contributed by atoms with Crippen LogP contribution in [0.1, 0.15) is 220 Å². The minimum absolute atomic E-state index is 0.110. The van der Waals surface area contributed by atoms with Gasteiger partial charge in [0.25, 0.3) is 0 Å². The lowest BCUT2D eigenvalue weighted by Crippen LogP contribution is -2.30. The van der Waals surface area contributed by atoms with Crippen molar-refractivity contribution in [2.24, 2.45) is 0 Å². The van der Waals surface area contributed by atoms with Gasteiger partial charge in [0.2, 0.25) is 0 Å². The molecule has 0 spiro atoms. The van der Waals surface area contributed by atoms with Crippen LogP contribution in [0.15, 0.2) is 72.9 Å². The molecule has 0 aliphatic carbocycles. The van der Waals surface area contributed by atoms with Crippen molar-refractivity contribution in [3.8, 4) is 0 Å². The van der Waals surface area contributed by atoms with E-state index in [1.54, 1.807) is 0 Å². The first-order valence-electron chi connectivity index (χ1n) is 23.9. The third kappa shape index (κ3) is 44.0. The number of ether oxygens (including phenoxy) is 3. The lowest BCUT2D eigenvalue weighted by Gasteiger charge is -2.18. The van der Waals surface area contributed by atoms with Gasteiger partial charge >= 0.3 is 17.9 Å². The van der Waals surface area contributed by atoms with Crippen molar-refractivity contribution in [1.29, 1.82) is 0 Å². The Morgan fingerprint density at radius 3 is 1.05 bits per heavy atom. The zero-order valence-electron chi connectivity index (χ0n) is 37.8. The number of unbranched alkanes of at least 4 members (excludes halogenated alkanes) is 19. The van der Waals surface area contributed by atoms with Crippen LogP contribution < -0.4 is 0 Å². The quantitative estimate of drug-likeness (QED) is 0.0264. The van der Waals surface area contributed by atoms with Crippen LogP contribution in [0.3, 0.4) is 0 Å². The van der Waals surface area contributed by atoms with Gasteiger partial charge in [-0.2, -0.15) is 0 Å². The first kappa shape index (κ1) is 54.9. The van der Waals surface area contributed by atoms with E-state index in [0.717, 1.165) is 70.6 Å². The number of hydrogen-bond donors (Lipinski definition) is 0. The Balaban J connectivity index is 4.39. The zero-order valence-corrected chi connectivity index (χ0v) is 37.8. The first-order valence-corrected chi connectivity index (χ1v) is 23.9. The molecule has 332 valence electrons. The van der Waals surface area contributed by atoms with Crippen molar-refractivity contribution >= 4 is 17.9 Å². The molecule has 0 aromatic carbocycles. The van der Waals surface area contributed by atoms with Crippen molar-refractivity contribution in [3.05, 3.63) is 72.9 Å². The highest BCUT2D eigenvalue weighted by molar-refractivity contribution is 5.71. The van der Waals surface area contributed by atoms with E-state index in [2.05, 4.69) is 93.7 Å². The summed E-state index contributed by atoms with van der Waals surface area (Å²) in [6.45, 7) is 6.30. The van der Waals surface area contributed by atoms with Crippen molar-refractivity contribution in [3.63, 3.8) is 0 Å². The van der Waals surface area contributed by atoms with Crippen LogP contribution in [-0.4, -0.2) is 37.2 Å². The maximum Gasteiger partial charge on any atom is 0.306 e. The molecule has 1 unspecified atom stereocenters. The van der Waals surface area contributed by atoms with Gasteiger partial charge in [-0.3, -0.25) is 14.4 Å². The normalized spacial score (nSPS) is 12.7. The summed E-state index contributed by atoms with van der Waals surface area (Å²) in [4.78, 5) is 37.7. The molecule has 0 aromatic heterocycles. The number of rotatable bonds is 42. The van der Waals surface area contributed by atoms with Gasteiger partial charge < -0.3 is 14.2 Å². The van der Waals surface area contributed by atoms with E-state index in [9.17, 15) is 14.4 Å². The van der Waals surface area contributed by atoms with Crippen molar-refractivity contribution < 1.29 is 28.6 Å². The van der Waals surface area contributed by atoms with E-state index in [-0.39, 0.29) is 44.0 Å². The van der Waals surface area contributed by atoms with E-state index >= 15 is 0 Å². The zero-order chi connectivity index (χ0) is 42.3. The van der Waals surface area contributed by atoms with Gasteiger partial charge in [-0.25, -0.2) is 0 Å². The van der Waals surface area contributed by atoms with Crippen LogP contribution in [0.5, 0.6) is 0 Å². The van der Waals surface area contributed by atoms with Gasteiger partial charge in [0.05, 0.1) is 0 Å². The second kappa shape index (κ2) is 46.5. The molecule has 0 aliphatic heterocycles. The van der Waals surface area contributed by atoms with Crippen LogP contribution >= 0.6 is 0 Å². The molecule has 0 rings (SSSR count). The van der Waals surface area contributed by atoms with Crippen molar-refractivity contribution in [1.82, 2.24) is 0 Å². The maximum absolute atomic E-state index is 12.7. The van der Waals surface area contributed by atoms with Crippen LogP contribution in [0, 0.1) is 0 Å². The molecular formula is C52H88O6. The Hall–Kier alpha value is -3.15. The van der Waals surface area contributed by atoms with Crippen LogP contribution in [0.4, 0.5) is 0 Å². The molecule has 0 bridgehead atoms. The summed E-state index contributed by atoms with van der Waals surface area (Å²) >= 11 is 0. The molecule has 1 atom stereocenters. The molecule has 0 N–H and O–H groups in total. The predicted molar refractivity (Wildman–Crippen MR) is 247 cm³/mol. The smallest absolute Gasteiger partial charge is 0.306 e. The average molecular weight is 809 g/mol. The van der Waals surface area contributed by atoms with Gasteiger partial charge in [-0.05, 0) is 70.6 Å². The summed E-state index contributed by atoms with van der Waals surface area (Å²) in [6, 6.07) is 0. The summed E-state index contributed by atoms with van der Waals surface area (Å²) in [5.74, 6) is -1.02. The lowest BCUT2D eigenvalue weighted by atomic mass is 10.0.